The maximum atomic E-state index is 13.5. The zero-order valence-corrected chi connectivity index (χ0v) is 18.9. The highest BCUT2D eigenvalue weighted by atomic mass is 32.2. The molecule has 2 aromatic rings. The molecule has 0 bridgehead atoms. The summed E-state index contributed by atoms with van der Waals surface area (Å²) in [7, 11) is 1.85. The van der Waals surface area contributed by atoms with Gasteiger partial charge in [0.1, 0.15) is 4.83 Å². The van der Waals surface area contributed by atoms with Gasteiger partial charge in [0.05, 0.1) is 23.8 Å². The van der Waals surface area contributed by atoms with Crippen LogP contribution in [0, 0.1) is 0 Å². The molecule has 8 heteroatoms. The van der Waals surface area contributed by atoms with Crippen LogP contribution in [0.15, 0.2) is 21.7 Å². The fraction of sp³-hybridized carbons (Fsp3) is 0.591. The largest absolute Gasteiger partial charge is 0.376 e. The molecule has 5 rings (SSSR count). The molecule has 0 radical (unpaired) electrons. The quantitative estimate of drug-likeness (QED) is 0.501. The lowest BCUT2D eigenvalue weighted by Crippen LogP contribution is -2.30. The van der Waals surface area contributed by atoms with E-state index < -0.39 is 0 Å². The molecule has 1 atom stereocenters. The SMILES string of the molecule is CN(C(=O)CSc1nc2sc3c(c2c(=O)n1CC1CCCO1)CCC3)C1=CCCC1. The number of hydrogen-bond acceptors (Lipinski definition) is 6. The number of carbonyl (C=O) groups excluding carboxylic acids is 1. The Morgan fingerprint density at radius 1 is 1.33 bits per heavy atom. The summed E-state index contributed by atoms with van der Waals surface area (Å²) < 4.78 is 7.58. The number of nitrogens with zero attached hydrogens (tertiary/aromatic N) is 3. The average Bonchev–Trinajstić information content (AvgIpc) is 3.51. The number of fused-ring (bicyclic) bond motifs is 3. The summed E-state index contributed by atoms with van der Waals surface area (Å²) in [5.41, 5.74) is 2.35. The summed E-state index contributed by atoms with van der Waals surface area (Å²) in [6.45, 7) is 1.27. The Balaban J connectivity index is 1.45. The van der Waals surface area contributed by atoms with Crippen LogP contribution < -0.4 is 5.56 Å². The Kier molecular flexibility index (Phi) is 5.73. The van der Waals surface area contributed by atoms with Gasteiger partial charge in [-0.3, -0.25) is 14.2 Å². The van der Waals surface area contributed by atoms with Gasteiger partial charge in [0, 0.05) is 24.2 Å². The van der Waals surface area contributed by atoms with Crippen molar-refractivity contribution in [2.75, 3.05) is 19.4 Å². The highest BCUT2D eigenvalue weighted by Crippen LogP contribution is 2.36. The molecule has 1 amide bonds. The Morgan fingerprint density at radius 3 is 3.00 bits per heavy atom. The van der Waals surface area contributed by atoms with E-state index in [4.69, 9.17) is 9.72 Å². The molecule has 160 valence electrons. The second kappa shape index (κ2) is 8.48. The standard InChI is InChI=1S/C22H27N3O3S2/c1-24(14-6-2-3-7-14)18(26)13-29-22-23-20-19(16-9-4-10-17(16)30-20)21(27)25(22)12-15-8-5-11-28-15/h6,15H,2-5,7-13H2,1H3. The molecule has 2 aliphatic carbocycles. The van der Waals surface area contributed by atoms with E-state index in [1.807, 2.05) is 7.05 Å². The molecule has 1 saturated heterocycles. The number of ether oxygens (including phenoxy) is 1. The number of aromatic nitrogens is 2. The maximum absolute atomic E-state index is 13.5. The summed E-state index contributed by atoms with van der Waals surface area (Å²) in [5.74, 6) is 0.336. The number of aryl methyl sites for hydroxylation is 2. The van der Waals surface area contributed by atoms with E-state index in [2.05, 4.69) is 6.08 Å². The Hall–Kier alpha value is -1.64. The van der Waals surface area contributed by atoms with Crippen LogP contribution >= 0.6 is 23.1 Å². The van der Waals surface area contributed by atoms with E-state index in [0.29, 0.717) is 11.7 Å². The smallest absolute Gasteiger partial charge is 0.263 e. The first-order valence-electron chi connectivity index (χ1n) is 10.9. The van der Waals surface area contributed by atoms with Crippen LogP contribution in [0.2, 0.25) is 0 Å². The minimum absolute atomic E-state index is 0.0386. The zero-order valence-electron chi connectivity index (χ0n) is 17.3. The summed E-state index contributed by atoms with van der Waals surface area (Å²) >= 11 is 3.03. The van der Waals surface area contributed by atoms with Gasteiger partial charge in [-0.05, 0) is 56.9 Å². The monoisotopic (exact) mass is 445 g/mol. The second-order valence-electron chi connectivity index (χ2n) is 8.31. The van der Waals surface area contributed by atoms with E-state index in [1.165, 1.54) is 22.2 Å². The van der Waals surface area contributed by atoms with Crippen molar-refractivity contribution in [2.45, 2.75) is 69.2 Å². The second-order valence-corrected chi connectivity index (χ2v) is 10.3. The molecular weight excluding hydrogens is 418 g/mol. The molecule has 1 fully saturated rings. The zero-order chi connectivity index (χ0) is 20.7. The number of amides is 1. The van der Waals surface area contributed by atoms with Crippen molar-refractivity contribution in [2.24, 2.45) is 0 Å². The third-order valence-corrected chi connectivity index (χ3v) is 8.49. The Bertz CT molecular complexity index is 1070. The number of carbonyl (C=O) groups is 1. The molecule has 0 aromatic carbocycles. The van der Waals surface area contributed by atoms with Crippen molar-refractivity contribution in [3.8, 4) is 0 Å². The first-order chi connectivity index (χ1) is 14.6. The molecule has 30 heavy (non-hydrogen) atoms. The highest BCUT2D eigenvalue weighted by Gasteiger charge is 2.26. The predicted molar refractivity (Wildman–Crippen MR) is 120 cm³/mol. The molecular formula is C22H27N3O3S2. The van der Waals surface area contributed by atoms with Gasteiger partial charge < -0.3 is 9.64 Å². The van der Waals surface area contributed by atoms with Crippen molar-refractivity contribution in [3.63, 3.8) is 0 Å². The van der Waals surface area contributed by atoms with Crippen molar-refractivity contribution < 1.29 is 9.53 Å². The lowest BCUT2D eigenvalue weighted by Gasteiger charge is -2.19. The molecule has 1 aliphatic heterocycles. The summed E-state index contributed by atoms with van der Waals surface area (Å²) in [6, 6.07) is 0. The molecule has 2 aromatic heterocycles. The Morgan fingerprint density at radius 2 is 2.23 bits per heavy atom. The molecule has 6 nitrogen and oxygen atoms in total. The van der Waals surface area contributed by atoms with Crippen molar-refractivity contribution >= 4 is 39.2 Å². The van der Waals surface area contributed by atoms with Crippen LogP contribution in [-0.2, 0) is 28.9 Å². The minimum Gasteiger partial charge on any atom is -0.376 e. The third-order valence-electron chi connectivity index (χ3n) is 6.35. The van der Waals surface area contributed by atoms with Gasteiger partial charge in [0.25, 0.3) is 5.56 Å². The normalized spacial score (nSPS) is 20.7. The fourth-order valence-electron chi connectivity index (χ4n) is 4.66. The predicted octanol–water partition coefficient (Wildman–Crippen LogP) is 3.74. The van der Waals surface area contributed by atoms with E-state index in [9.17, 15) is 9.59 Å². The van der Waals surface area contributed by atoms with Crippen LogP contribution in [0.1, 0.15) is 49.0 Å². The number of thioether (sulfide) groups is 1. The van der Waals surface area contributed by atoms with Gasteiger partial charge in [-0.1, -0.05) is 17.8 Å². The fourth-order valence-corrected chi connectivity index (χ4v) is 6.89. The number of rotatable bonds is 6. The van der Waals surface area contributed by atoms with Crippen molar-refractivity contribution in [3.05, 3.63) is 32.6 Å². The summed E-state index contributed by atoms with van der Waals surface area (Å²) in [4.78, 5) is 35.0. The molecule has 0 spiro atoms. The van der Waals surface area contributed by atoms with Crippen LogP contribution in [0.5, 0.6) is 0 Å². The van der Waals surface area contributed by atoms with Crippen LogP contribution in [0.25, 0.3) is 10.2 Å². The topological polar surface area (TPSA) is 64.4 Å². The van der Waals surface area contributed by atoms with Gasteiger partial charge in [0.15, 0.2) is 5.16 Å². The lowest BCUT2D eigenvalue weighted by atomic mass is 10.2. The van der Waals surface area contributed by atoms with Crippen LogP contribution in [0.3, 0.4) is 0 Å². The first kappa shape index (κ1) is 20.3. The van der Waals surface area contributed by atoms with Gasteiger partial charge in [0.2, 0.25) is 5.91 Å². The van der Waals surface area contributed by atoms with E-state index >= 15 is 0 Å². The molecule has 0 N–H and O–H groups in total. The van der Waals surface area contributed by atoms with Gasteiger partial charge in [-0.15, -0.1) is 11.3 Å². The van der Waals surface area contributed by atoms with E-state index in [-0.39, 0.29) is 23.3 Å². The Labute approximate surface area is 184 Å². The molecule has 3 aliphatic rings. The van der Waals surface area contributed by atoms with Crippen LogP contribution in [-0.4, -0.2) is 45.9 Å². The van der Waals surface area contributed by atoms with E-state index in [1.54, 1.807) is 20.8 Å². The highest BCUT2D eigenvalue weighted by molar-refractivity contribution is 7.99. The van der Waals surface area contributed by atoms with Crippen molar-refractivity contribution in [1.82, 2.24) is 14.5 Å². The van der Waals surface area contributed by atoms with Crippen LogP contribution in [0.4, 0.5) is 0 Å². The average molecular weight is 446 g/mol. The summed E-state index contributed by atoms with van der Waals surface area (Å²) in [5, 5.41) is 1.44. The maximum Gasteiger partial charge on any atom is 0.263 e. The lowest BCUT2D eigenvalue weighted by molar-refractivity contribution is -0.125. The number of hydrogen-bond donors (Lipinski definition) is 0. The van der Waals surface area contributed by atoms with E-state index in [0.717, 1.165) is 73.9 Å². The van der Waals surface area contributed by atoms with Crippen molar-refractivity contribution in [1.29, 1.82) is 0 Å². The summed E-state index contributed by atoms with van der Waals surface area (Å²) in [6.07, 6.45) is 10.4. The van der Waals surface area contributed by atoms with Gasteiger partial charge >= 0.3 is 0 Å². The molecule has 1 unspecified atom stereocenters. The van der Waals surface area contributed by atoms with Gasteiger partial charge in [-0.25, -0.2) is 4.98 Å². The molecule has 3 heterocycles. The number of allylic oxidation sites excluding steroid dienone is 2. The first-order valence-corrected chi connectivity index (χ1v) is 12.7. The third kappa shape index (κ3) is 3.74. The minimum atomic E-state index is 0.0386. The molecule has 0 saturated carbocycles. The van der Waals surface area contributed by atoms with Gasteiger partial charge in [-0.2, -0.15) is 0 Å². The number of thiophene rings is 1.